The lowest BCUT2D eigenvalue weighted by Gasteiger charge is -2.22. The average molecular weight is 426 g/mol. The van der Waals surface area contributed by atoms with Crippen molar-refractivity contribution in [1.29, 1.82) is 0 Å². The molecule has 0 bridgehead atoms. The number of hydrogen-bond donors (Lipinski definition) is 2. The average Bonchev–Trinajstić information content (AvgIpc) is 3.32. The topological polar surface area (TPSA) is 95.0 Å². The van der Waals surface area contributed by atoms with Crippen molar-refractivity contribution in [1.82, 2.24) is 25.5 Å². The summed E-state index contributed by atoms with van der Waals surface area (Å²) in [7, 11) is 0. The second kappa shape index (κ2) is 10.1. The number of allylic oxidation sites excluding steroid dienone is 3. The second-order valence-corrected chi connectivity index (χ2v) is 8.17. The number of aliphatic hydroxyl groups is 1. The minimum absolute atomic E-state index is 0.0955. The fraction of sp³-hybridized carbons (Fsp3) is 0.579. The number of nitrogens with zero attached hydrogens (tertiary/aromatic N) is 4. The first-order chi connectivity index (χ1) is 14.0. The zero-order chi connectivity index (χ0) is 20.7. The van der Waals surface area contributed by atoms with Crippen LogP contribution in [-0.4, -0.2) is 66.9 Å². The van der Waals surface area contributed by atoms with Crippen molar-refractivity contribution >= 4 is 17.7 Å². The van der Waals surface area contributed by atoms with Crippen molar-refractivity contribution < 1.29 is 18.7 Å². The summed E-state index contributed by atoms with van der Waals surface area (Å²) in [5.74, 6) is -2.14. The fourth-order valence-electron chi connectivity index (χ4n) is 3.36. The first kappa shape index (κ1) is 21.6. The molecule has 0 radical (unpaired) electrons. The number of halogens is 2. The van der Waals surface area contributed by atoms with E-state index in [0.717, 1.165) is 37.6 Å². The van der Waals surface area contributed by atoms with Gasteiger partial charge in [0, 0.05) is 18.7 Å². The molecule has 1 unspecified atom stereocenters. The Morgan fingerprint density at radius 1 is 1.41 bits per heavy atom. The number of aliphatic hydroxyl groups excluding tert-OH is 1. The van der Waals surface area contributed by atoms with E-state index in [4.69, 9.17) is 0 Å². The number of carbonyl (C=O) groups excluding carboxylic acids is 1. The maximum Gasteiger partial charge on any atom is 0.295 e. The molecule has 0 saturated carbocycles. The van der Waals surface area contributed by atoms with Crippen LogP contribution < -0.4 is 0 Å². The Morgan fingerprint density at radius 2 is 2.28 bits per heavy atom. The van der Waals surface area contributed by atoms with Crippen LogP contribution in [0.2, 0.25) is 0 Å². The highest BCUT2D eigenvalue weighted by molar-refractivity contribution is 7.99. The van der Waals surface area contributed by atoms with E-state index in [9.17, 15) is 18.7 Å². The van der Waals surface area contributed by atoms with Gasteiger partial charge in [-0.3, -0.25) is 4.79 Å². The van der Waals surface area contributed by atoms with Crippen LogP contribution in [0.3, 0.4) is 0 Å². The predicted molar refractivity (Wildman–Crippen MR) is 105 cm³/mol. The molecule has 1 aliphatic carbocycles. The number of rotatable bonds is 10. The van der Waals surface area contributed by atoms with Gasteiger partial charge >= 0.3 is 0 Å². The van der Waals surface area contributed by atoms with E-state index in [0.29, 0.717) is 30.0 Å². The number of carbonyl (C=O) groups is 1. The van der Waals surface area contributed by atoms with Gasteiger partial charge in [-0.1, -0.05) is 30.0 Å². The zero-order valence-electron chi connectivity index (χ0n) is 16.0. The molecular formula is C19H25F2N5O2S. The van der Waals surface area contributed by atoms with E-state index >= 15 is 0 Å². The second-order valence-electron chi connectivity index (χ2n) is 7.10. The monoisotopic (exact) mass is 425 g/mol. The lowest BCUT2D eigenvalue weighted by atomic mass is 9.98. The number of nitrogens with one attached hydrogen (secondary N) is 1. The molecule has 1 saturated heterocycles. The molecular weight excluding hydrogens is 400 g/mol. The zero-order valence-corrected chi connectivity index (χ0v) is 16.8. The largest absolute Gasteiger partial charge is 0.382 e. The molecule has 0 aromatic carbocycles. The first-order valence-corrected chi connectivity index (χ1v) is 10.7. The molecule has 158 valence electrons. The standard InChI is InChI=1S/C19H25F2N5O2S/c20-19(21)10-9-14(13-16(19)27)5-1-2-6-15-7-8-17(28)26(15)11-3-4-12-29-18-22-24-25-23-18/h2,6,9-10,13,15-16,27H,1,3-5,7-8,11-12H2,(H,22,23,24,25)/b6-2+/t15-,16?/m0/s1. The maximum absolute atomic E-state index is 13.2. The lowest BCUT2D eigenvalue weighted by molar-refractivity contribution is -0.128. The van der Waals surface area contributed by atoms with E-state index in [2.05, 4.69) is 20.6 Å². The molecule has 1 aromatic heterocycles. The van der Waals surface area contributed by atoms with E-state index in [1.807, 2.05) is 17.1 Å². The summed E-state index contributed by atoms with van der Waals surface area (Å²) in [6.45, 7) is 0.718. The molecule has 29 heavy (non-hydrogen) atoms. The van der Waals surface area contributed by atoms with Gasteiger partial charge in [0.05, 0.1) is 6.04 Å². The summed E-state index contributed by atoms with van der Waals surface area (Å²) in [6.07, 6.45) is 10.1. The molecule has 2 N–H and O–H groups in total. The molecule has 3 rings (SSSR count). The number of tetrazole rings is 1. The van der Waals surface area contributed by atoms with Crippen molar-refractivity contribution in [3.8, 4) is 0 Å². The summed E-state index contributed by atoms with van der Waals surface area (Å²) in [6, 6.07) is 0.0955. The van der Waals surface area contributed by atoms with Gasteiger partial charge in [-0.15, -0.1) is 10.2 Å². The molecule has 7 nitrogen and oxygen atoms in total. The first-order valence-electron chi connectivity index (χ1n) is 9.74. The Kier molecular flexibility index (Phi) is 7.54. The molecule has 2 atom stereocenters. The van der Waals surface area contributed by atoms with Crippen LogP contribution in [0, 0.1) is 0 Å². The van der Waals surface area contributed by atoms with Crippen LogP contribution in [0.4, 0.5) is 8.78 Å². The molecule has 1 aliphatic heterocycles. The van der Waals surface area contributed by atoms with Gasteiger partial charge in [0.25, 0.3) is 5.92 Å². The van der Waals surface area contributed by atoms with Gasteiger partial charge in [0.1, 0.15) is 6.10 Å². The van der Waals surface area contributed by atoms with Crippen LogP contribution in [0.25, 0.3) is 0 Å². The van der Waals surface area contributed by atoms with Crippen LogP contribution in [0.5, 0.6) is 0 Å². The van der Waals surface area contributed by atoms with Crippen molar-refractivity contribution in [2.75, 3.05) is 12.3 Å². The summed E-state index contributed by atoms with van der Waals surface area (Å²) in [5, 5.41) is 23.7. The third-order valence-electron chi connectivity index (χ3n) is 4.97. The van der Waals surface area contributed by atoms with Crippen molar-refractivity contribution in [2.24, 2.45) is 0 Å². The van der Waals surface area contributed by atoms with Gasteiger partial charge in [-0.05, 0) is 55.0 Å². The molecule has 10 heteroatoms. The molecule has 1 fully saturated rings. The quantitative estimate of drug-likeness (QED) is 0.340. The Labute approximate surface area is 172 Å². The molecule has 2 aliphatic rings. The molecule has 1 amide bonds. The van der Waals surface area contributed by atoms with Crippen LogP contribution in [0.1, 0.15) is 38.5 Å². The van der Waals surface area contributed by atoms with Crippen molar-refractivity contribution in [2.45, 2.75) is 61.7 Å². The van der Waals surface area contributed by atoms with E-state index in [-0.39, 0.29) is 11.9 Å². The van der Waals surface area contributed by atoms with Crippen LogP contribution in [-0.2, 0) is 4.79 Å². The number of H-pyrrole nitrogens is 1. The number of hydrogen-bond acceptors (Lipinski definition) is 6. The third-order valence-corrected chi connectivity index (χ3v) is 5.89. The van der Waals surface area contributed by atoms with Crippen LogP contribution >= 0.6 is 11.8 Å². The number of alkyl halides is 2. The Bertz CT molecular complexity index is 767. The van der Waals surface area contributed by atoms with Gasteiger partial charge in [-0.2, -0.15) is 14.0 Å². The number of thioether (sulfide) groups is 1. The molecule has 1 aromatic rings. The van der Waals surface area contributed by atoms with Gasteiger partial charge in [0.15, 0.2) is 0 Å². The number of unbranched alkanes of at least 4 members (excludes halogenated alkanes) is 1. The predicted octanol–water partition coefficient (Wildman–Crippen LogP) is 2.89. The van der Waals surface area contributed by atoms with Crippen molar-refractivity contribution in [3.05, 3.63) is 36.0 Å². The summed E-state index contributed by atoms with van der Waals surface area (Å²) < 4.78 is 26.4. The van der Waals surface area contributed by atoms with E-state index < -0.39 is 12.0 Å². The van der Waals surface area contributed by atoms with E-state index in [1.165, 1.54) is 23.9 Å². The van der Waals surface area contributed by atoms with Crippen molar-refractivity contribution in [3.63, 3.8) is 0 Å². The summed E-state index contributed by atoms with van der Waals surface area (Å²) >= 11 is 1.53. The Hall–Kier alpha value is -2.07. The minimum atomic E-state index is -3.19. The molecule has 2 heterocycles. The number of likely N-dealkylation sites (tertiary alicyclic amines) is 1. The van der Waals surface area contributed by atoms with Gasteiger partial charge in [-0.25, -0.2) is 0 Å². The van der Waals surface area contributed by atoms with E-state index in [1.54, 1.807) is 0 Å². The summed E-state index contributed by atoms with van der Waals surface area (Å²) in [5.41, 5.74) is 0.700. The molecule has 0 spiro atoms. The number of aromatic amines is 1. The van der Waals surface area contributed by atoms with Gasteiger partial charge in [0.2, 0.25) is 11.1 Å². The van der Waals surface area contributed by atoms with Gasteiger partial charge < -0.3 is 10.0 Å². The fourth-order valence-corrected chi connectivity index (χ4v) is 4.10. The smallest absolute Gasteiger partial charge is 0.295 e. The Balaban J connectivity index is 1.37. The number of amides is 1. The highest BCUT2D eigenvalue weighted by Crippen LogP contribution is 2.28. The Morgan fingerprint density at radius 3 is 3.03 bits per heavy atom. The highest BCUT2D eigenvalue weighted by Gasteiger charge is 2.36. The normalized spacial score (nSPS) is 23.9. The lowest BCUT2D eigenvalue weighted by Crippen LogP contribution is -2.32. The summed E-state index contributed by atoms with van der Waals surface area (Å²) in [4.78, 5) is 14.1. The number of aromatic nitrogens is 4. The highest BCUT2D eigenvalue weighted by atomic mass is 32.2. The SMILES string of the molecule is O=C1CC[C@H](/C=C/CCC2=CC(O)C(F)(F)C=C2)N1CCCCSc1nn[nH]n1. The maximum atomic E-state index is 13.2. The minimum Gasteiger partial charge on any atom is -0.382 e. The third kappa shape index (κ3) is 6.20. The van der Waals surface area contributed by atoms with Crippen LogP contribution in [0.15, 0.2) is 41.1 Å².